The highest BCUT2D eigenvalue weighted by molar-refractivity contribution is 5.48. The van der Waals surface area contributed by atoms with Crippen molar-refractivity contribution < 1.29 is 5.11 Å². The van der Waals surface area contributed by atoms with Crippen molar-refractivity contribution in [2.75, 3.05) is 12.3 Å². The van der Waals surface area contributed by atoms with Crippen LogP contribution in [-0.2, 0) is 0 Å². The van der Waals surface area contributed by atoms with Crippen LogP contribution < -0.4 is 11.1 Å². The van der Waals surface area contributed by atoms with Gasteiger partial charge in [0.05, 0.1) is 6.10 Å². The number of aliphatic hydroxyl groups excluding tert-OH is 1. The molecule has 0 radical (unpaired) electrons. The molecule has 2 rings (SSSR count). The summed E-state index contributed by atoms with van der Waals surface area (Å²) in [6.07, 6.45) is 2.93. The van der Waals surface area contributed by atoms with Gasteiger partial charge in [0.25, 0.3) is 0 Å². The Kier molecular flexibility index (Phi) is 3.23. The van der Waals surface area contributed by atoms with E-state index in [0.29, 0.717) is 5.69 Å². The number of rotatable bonds is 2. The fourth-order valence-corrected chi connectivity index (χ4v) is 2.15. The van der Waals surface area contributed by atoms with E-state index in [1.165, 1.54) is 12.8 Å². The van der Waals surface area contributed by atoms with E-state index < -0.39 is 6.10 Å². The number of nitrogens with one attached hydrogen (secondary N) is 1. The summed E-state index contributed by atoms with van der Waals surface area (Å²) in [5.74, 6) is 0. The average molecular weight is 206 g/mol. The van der Waals surface area contributed by atoms with E-state index in [-0.39, 0.29) is 6.04 Å². The second-order valence-electron chi connectivity index (χ2n) is 4.13. The summed E-state index contributed by atoms with van der Waals surface area (Å²) in [6, 6.07) is 7.69. The van der Waals surface area contributed by atoms with Crippen LogP contribution in [0.15, 0.2) is 24.3 Å². The van der Waals surface area contributed by atoms with Gasteiger partial charge < -0.3 is 16.2 Å². The third kappa shape index (κ3) is 2.30. The molecule has 1 fully saturated rings. The monoisotopic (exact) mass is 206 g/mol. The van der Waals surface area contributed by atoms with Crippen molar-refractivity contribution in [3.8, 4) is 0 Å². The Morgan fingerprint density at radius 3 is 2.80 bits per heavy atom. The second kappa shape index (κ2) is 4.64. The molecule has 2 unspecified atom stereocenters. The summed E-state index contributed by atoms with van der Waals surface area (Å²) in [4.78, 5) is 0. The summed E-state index contributed by atoms with van der Waals surface area (Å²) in [7, 11) is 0. The molecule has 15 heavy (non-hydrogen) atoms. The highest BCUT2D eigenvalue weighted by atomic mass is 16.3. The Balaban J connectivity index is 2.12. The SMILES string of the molecule is Nc1ccccc1C(O)C1CCCCN1. The fraction of sp³-hybridized carbons (Fsp3) is 0.500. The summed E-state index contributed by atoms with van der Waals surface area (Å²) in [5, 5.41) is 13.5. The largest absolute Gasteiger partial charge is 0.398 e. The van der Waals surface area contributed by atoms with E-state index >= 15 is 0 Å². The van der Waals surface area contributed by atoms with Gasteiger partial charge in [-0.15, -0.1) is 0 Å². The third-order valence-electron chi connectivity index (χ3n) is 3.04. The first-order valence-corrected chi connectivity index (χ1v) is 5.55. The first kappa shape index (κ1) is 10.5. The van der Waals surface area contributed by atoms with E-state index in [2.05, 4.69) is 5.32 Å². The fourth-order valence-electron chi connectivity index (χ4n) is 2.15. The van der Waals surface area contributed by atoms with Crippen molar-refractivity contribution in [3.63, 3.8) is 0 Å². The number of anilines is 1. The summed E-state index contributed by atoms with van der Waals surface area (Å²) >= 11 is 0. The number of hydrogen-bond donors (Lipinski definition) is 3. The van der Waals surface area contributed by atoms with Gasteiger partial charge in [0.1, 0.15) is 0 Å². The molecule has 2 atom stereocenters. The number of para-hydroxylation sites is 1. The minimum atomic E-state index is -0.480. The summed E-state index contributed by atoms with van der Waals surface area (Å²) in [5.41, 5.74) is 7.36. The molecule has 0 aromatic heterocycles. The van der Waals surface area contributed by atoms with Gasteiger partial charge in [-0.05, 0) is 25.5 Å². The van der Waals surface area contributed by atoms with Crippen LogP contribution in [0.3, 0.4) is 0 Å². The van der Waals surface area contributed by atoms with Crippen molar-refractivity contribution in [1.82, 2.24) is 5.32 Å². The van der Waals surface area contributed by atoms with E-state index in [1.807, 2.05) is 24.3 Å². The molecule has 4 N–H and O–H groups in total. The lowest BCUT2D eigenvalue weighted by atomic mass is 9.94. The number of nitrogen functional groups attached to an aromatic ring is 1. The van der Waals surface area contributed by atoms with Crippen LogP contribution in [0.4, 0.5) is 5.69 Å². The van der Waals surface area contributed by atoms with Crippen LogP contribution >= 0.6 is 0 Å². The predicted molar refractivity (Wildman–Crippen MR) is 61.5 cm³/mol. The number of benzene rings is 1. The van der Waals surface area contributed by atoms with Crippen molar-refractivity contribution >= 4 is 5.69 Å². The molecule has 1 saturated heterocycles. The van der Waals surface area contributed by atoms with E-state index in [9.17, 15) is 5.11 Å². The Morgan fingerprint density at radius 2 is 2.13 bits per heavy atom. The topological polar surface area (TPSA) is 58.3 Å². The van der Waals surface area contributed by atoms with E-state index in [0.717, 1.165) is 18.5 Å². The molecule has 3 nitrogen and oxygen atoms in total. The molecule has 82 valence electrons. The van der Waals surface area contributed by atoms with Gasteiger partial charge in [-0.3, -0.25) is 0 Å². The zero-order valence-electron chi connectivity index (χ0n) is 8.82. The van der Waals surface area contributed by atoms with Gasteiger partial charge >= 0.3 is 0 Å². The molecule has 0 aliphatic carbocycles. The van der Waals surface area contributed by atoms with Crippen LogP contribution in [0.1, 0.15) is 30.9 Å². The molecule has 0 amide bonds. The van der Waals surface area contributed by atoms with Gasteiger partial charge in [-0.1, -0.05) is 24.6 Å². The van der Waals surface area contributed by atoms with Crippen molar-refractivity contribution in [1.29, 1.82) is 0 Å². The van der Waals surface area contributed by atoms with Crippen LogP contribution in [0.25, 0.3) is 0 Å². The lowest BCUT2D eigenvalue weighted by molar-refractivity contribution is 0.114. The molecule has 1 aliphatic heterocycles. The highest BCUT2D eigenvalue weighted by Gasteiger charge is 2.23. The van der Waals surface area contributed by atoms with Crippen molar-refractivity contribution in [2.45, 2.75) is 31.4 Å². The number of hydrogen-bond acceptors (Lipinski definition) is 3. The number of nitrogens with two attached hydrogens (primary N) is 1. The van der Waals surface area contributed by atoms with E-state index in [4.69, 9.17) is 5.73 Å². The zero-order valence-corrected chi connectivity index (χ0v) is 8.82. The molecule has 0 spiro atoms. The number of aliphatic hydroxyl groups is 1. The molecule has 1 aliphatic rings. The third-order valence-corrected chi connectivity index (χ3v) is 3.04. The maximum atomic E-state index is 10.2. The predicted octanol–water partition coefficient (Wildman–Crippen LogP) is 1.44. The maximum absolute atomic E-state index is 10.2. The summed E-state index contributed by atoms with van der Waals surface area (Å²) < 4.78 is 0. The van der Waals surface area contributed by atoms with Gasteiger partial charge in [0.2, 0.25) is 0 Å². The molecular formula is C12H18N2O. The van der Waals surface area contributed by atoms with Crippen molar-refractivity contribution in [2.24, 2.45) is 0 Å². The van der Waals surface area contributed by atoms with Gasteiger partial charge in [-0.25, -0.2) is 0 Å². The molecule has 1 aromatic carbocycles. The molecule has 1 heterocycles. The Morgan fingerprint density at radius 1 is 1.33 bits per heavy atom. The minimum Gasteiger partial charge on any atom is -0.398 e. The van der Waals surface area contributed by atoms with Crippen LogP contribution in [0.5, 0.6) is 0 Å². The molecular weight excluding hydrogens is 188 g/mol. The average Bonchev–Trinajstić information content (AvgIpc) is 2.30. The standard InChI is InChI=1S/C12H18N2O/c13-10-6-2-1-5-9(10)12(15)11-7-3-4-8-14-11/h1-2,5-6,11-12,14-15H,3-4,7-8,13H2. The smallest absolute Gasteiger partial charge is 0.0962 e. The van der Waals surface area contributed by atoms with Crippen LogP contribution in [0, 0.1) is 0 Å². The maximum Gasteiger partial charge on any atom is 0.0962 e. The Hall–Kier alpha value is -1.06. The van der Waals surface area contributed by atoms with Gasteiger partial charge in [-0.2, -0.15) is 0 Å². The molecule has 1 aromatic rings. The first-order chi connectivity index (χ1) is 7.29. The minimum absolute atomic E-state index is 0.156. The second-order valence-corrected chi connectivity index (χ2v) is 4.13. The Bertz CT molecular complexity index is 321. The molecule has 0 bridgehead atoms. The lowest BCUT2D eigenvalue weighted by Gasteiger charge is -2.28. The summed E-state index contributed by atoms with van der Waals surface area (Å²) in [6.45, 7) is 0.995. The van der Waals surface area contributed by atoms with Crippen molar-refractivity contribution in [3.05, 3.63) is 29.8 Å². The van der Waals surface area contributed by atoms with E-state index in [1.54, 1.807) is 0 Å². The van der Waals surface area contributed by atoms with Gasteiger partial charge in [0.15, 0.2) is 0 Å². The molecule has 0 saturated carbocycles. The zero-order chi connectivity index (χ0) is 10.7. The van der Waals surface area contributed by atoms with Gasteiger partial charge in [0, 0.05) is 17.3 Å². The van der Waals surface area contributed by atoms with Crippen LogP contribution in [0.2, 0.25) is 0 Å². The first-order valence-electron chi connectivity index (χ1n) is 5.55. The number of piperidine rings is 1. The van der Waals surface area contributed by atoms with Crippen LogP contribution in [-0.4, -0.2) is 17.7 Å². The highest BCUT2D eigenvalue weighted by Crippen LogP contribution is 2.26. The molecule has 3 heteroatoms. The Labute approximate surface area is 90.3 Å². The normalized spacial score (nSPS) is 23.7. The lowest BCUT2D eigenvalue weighted by Crippen LogP contribution is -2.39. The quantitative estimate of drug-likeness (QED) is 0.642.